The molecule has 2 rings (SSSR count). The molecule has 6 nitrogen and oxygen atoms in total. The van der Waals surface area contributed by atoms with Crippen molar-refractivity contribution in [3.8, 4) is 0 Å². The van der Waals surface area contributed by atoms with Crippen molar-refractivity contribution in [2.75, 3.05) is 19.0 Å². The van der Waals surface area contributed by atoms with E-state index in [2.05, 4.69) is 10.1 Å². The molecule has 0 aromatic heterocycles. The van der Waals surface area contributed by atoms with Gasteiger partial charge in [0.1, 0.15) is 0 Å². The van der Waals surface area contributed by atoms with Crippen molar-refractivity contribution < 1.29 is 23.9 Å². The van der Waals surface area contributed by atoms with Gasteiger partial charge in [-0.15, -0.1) is 0 Å². The summed E-state index contributed by atoms with van der Waals surface area (Å²) in [7, 11) is 1.27. The highest BCUT2D eigenvalue weighted by Crippen LogP contribution is 2.23. The topological polar surface area (TPSA) is 81.7 Å². The summed E-state index contributed by atoms with van der Waals surface area (Å²) in [5, 5.41) is 3.10. The fourth-order valence-electron chi connectivity index (χ4n) is 2.03. The number of carbonyl (C=O) groups is 3. The first-order valence-corrected chi connectivity index (χ1v) is 8.18. The lowest BCUT2D eigenvalue weighted by Crippen LogP contribution is -2.21. The minimum absolute atomic E-state index is 0.177. The molecule has 0 aliphatic heterocycles. The molecule has 2 aromatic rings. The van der Waals surface area contributed by atoms with Crippen LogP contribution < -0.4 is 5.32 Å². The third-order valence-electron chi connectivity index (χ3n) is 3.42. The predicted octanol–water partition coefficient (Wildman–Crippen LogP) is 3.88. The summed E-state index contributed by atoms with van der Waals surface area (Å²) >= 11 is 11.6. The average molecular weight is 396 g/mol. The van der Waals surface area contributed by atoms with Crippen molar-refractivity contribution in [3.05, 3.63) is 63.1 Å². The van der Waals surface area contributed by atoms with Gasteiger partial charge in [-0.1, -0.05) is 29.3 Å². The summed E-state index contributed by atoms with van der Waals surface area (Å²) in [4.78, 5) is 35.5. The van der Waals surface area contributed by atoms with E-state index in [4.69, 9.17) is 27.9 Å². The zero-order valence-corrected chi connectivity index (χ0v) is 15.5. The molecule has 1 amide bonds. The number of hydrogen-bond acceptors (Lipinski definition) is 5. The normalized spacial score (nSPS) is 10.2. The first-order valence-electron chi connectivity index (χ1n) is 7.43. The van der Waals surface area contributed by atoms with E-state index in [9.17, 15) is 14.4 Å². The van der Waals surface area contributed by atoms with Gasteiger partial charge in [-0.05, 0) is 42.8 Å². The number of carbonyl (C=O) groups excluding carboxylic acids is 3. The Labute approximate surface area is 160 Å². The maximum Gasteiger partial charge on any atom is 0.338 e. The number of aryl methyl sites for hydroxylation is 1. The highest BCUT2D eigenvalue weighted by atomic mass is 35.5. The number of esters is 2. The maximum atomic E-state index is 12.0. The standard InChI is InChI=1S/C18H15Cl2NO5/c1-10-3-4-12(17(23)25-2)8-15(10)21-16(22)9-26-18(24)11-5-6-13(19)14(20)7-11/h3-8H,9H2,1-2H3,(H,21,22). The quantitative estimate of drug-likeness (QED) is 0.776. The summed E-state index contributed by atoms with van der Waals surface area (Å²) in [5.41, 5.74) is 1.63. The minimum atomic E-state index is -0.709. The summed E-state index contributed by atoms with van der Waals surface area (Å²) < 4.78 is 9.59. The average Bonchev–Trinajstić information content (AvgIpc) is 2.63. The lowest BCUT2D eigenvalue weighted by Gasteiger charge is -2.10. The zero-order valence-electron chi connectivity index (χ0n) is 14.0. The number of hydrogen-bond donors (Lipinski definition) is 1. The van der Waals surface area contributed by atoms with Crippen LogP contribution in [0.15, 0.2) is 36.4 Å². The van der Waals surface area contributed by atoms with Gasteiger partial charge in [0.15, 0.2) is 6.61 Å². The van der Waals surface area contributed by atoms with Crippen molar-refractivity contribution in [1.29, 1.82) is 0 Å². The molecule has 0 aliphatic carbocycles. The Morgan fingerprint density at radius 1 is 0.962 bits per heavy atom. The van der Waals surface area contributed by atoms with Crippen molar-refractivity contribution in [2.45, 2.75) is 6.92 Å². The van der Waals surface area contributed by atoms with Crippen molar-refractivity contribution in [3.63, 3.8) is 0 Å². The fraction of sp³-hybridized carbons (Fsp3) is 0.167. The van der Waals surface area contributed by atoms with Crippen LogP contribution in [0.25, 0.3) is 0 Å². The fourth-order valence-corrected chi connectivity index (χ4v) is 2.32. The SMILES string of the molecule is COC(=O)c1ccc(C)c(NC(=O)COC(=O)c2ccc(Cl)c(Cl)c2)c1. The number of amides is 1. The van der Waals surface area contributed by atoms with Crippen LogP contribution >= 0.6 is 23.2 Å². The second-order valence-corrected chi connectivity index (χ2v) is 6.09. The molecular weight excluding hydrogens is 381 g/mol. The lowest BCUT2D eigenvalue weighted by molar-refractivity contribution is -0.119. The summed E-state index contributed by atoms with van der Waals surface area (Å²) in [6.45, 7) is 1.26. The van der Waals surface area contributed by atoms with Gasteiger partial charge < -0.3 is 14.8 Å². The van der Waals surface area contributed by atoms with Gasteiger partial charge in [-0.2, -0.15) is 0 Å². The van der Waals surface area contributed by atoms with Crippen LogP contribution in [0.1, 0.15) is 26.3 Å². The van der Waals surface area contributed by atoms with Gasteiger partial charge in [-0.25, -0.2) is 9.59 Å². The number of benzene rings is 2. The van der Waals surface area contributed by atoms with E-state index in [0.717, 1.165) is 5.56 Å². The molecule has 0 bridgehead atoms. The Kier molecular flexibility index (Phi) is 6.60. The lowest BCUT2D eigenvalue weighted by atomic mass is 10.1. The first-order chi connectivity index (χ1) is 12.3. The van der Waals surface area contributed by atoms with Crippen LogP contribution in [0.3, 0.4) is 0 Å². The Morgan fingerprint density at radius 2 is 1.62 bits per heavy atom. The van der Waals surface area contributed by atoms with E-state index in [1.807, 2.05) is 0 Å². The second-order valence-electron chi connectivity index (χ2n) is 5.27. The van der Waals surface area contributed by atoms with Gasteiger partial charge in [0.2, 0.25) is 0 Å². The summed E-state index contributed by atoms with van der Waals surface area (Å²) in [6.07, 6.45) is 0. The van der Waals surface area contributed by atoms with Crippen LogP contribution in [0, 0.1) is 6.92 Å². The molecule has 0 radical (unpaired) electrons. The number of ether oxygens (including phenoxy) is 2. The van der Waals surface area contributed by atoms with E-state index in [-0.39, 0.29) is 10.6 Å². The van der Waals surface area contributed by atoms with E-state index in [1.165, 1.54) is 31.4 Å². The van der Waals surface area contributed by atoms with Gasteiger partial charge in [-0.3, -0.25) is 4.79 Å². The zero-order chi connectivity index (χ0) is 19.3. The molecule has 8 heteroatoms. The molecule has 0 atom stereocenters. The van der Waals surface area contributed by atoms with Crippen LogP contribution in [-0.2, 0) is 14.3 Å². The van der Waals surface area contributed by atoms with Crippen LogP contribution in [0.5, 0.6) is 0 Å². The van der Waals surface area contributed by atoms with Gasteiger partial charge >= 0.3 is 11.9 Å². The summed E-state index contributed by atoms with van der Waals surface area (Å²) in [6, 6.07) is 9.00. The number of methoxy groups -OCH3 is 1. The predicted molar refractivity (Wildman–Crippen MR) is 97.9 cm³/mol. The van der Waals surface area contributed by atoms with E-state index in [1.54, 1.807) is 19.1 Å². The molecule has 26 heavy (non-hydrogen) atoms. The molecule has 0 heterocycles. The number of anilines is 1. The van der Waals surface area contributed by atoms with Gasteiger partial charge in [0.05, 0.1) is 28.3 Å². The molecule has 0 unspecified atom stereocenters. The molecule has 0 saturated heterocycles. The Hall–Kier alpha value is -2.57. The smallest absolute Gasteiger partial charge is 0.338 e. The third-order valence-corrected chi connectivity index (χ3v) is 4.16. The van der Waals surface area contributed by atoms with Crippen molar-refractivity contribution in [1.82, 2.24) is 0 Å². The van der Waals surface area contributed by atoms with E-state index in [0.29, 0.717) is 16.3 Å². The van der Waals surface area contributed by atoms with Crippen molar-refractivity contribution >= 4 is 46.7 Å². The highest BCUT2D eigenvalue weighted by molar-refractivity contribution is 6.42. The molecule has 0 fully saturated rings. The van der Waals surface area contributed by atoms with Crippen LogP contribution in [0.4, 0.5) is 5.69 Å². The number of halogens is 2. The molecule has 0 saturated carbocycles. The van der Waals surface area contributed by atoms with Crippen molar-refractivity contribution in [2.24, 2.45) is 0 Å². The minimum Gasteiger partial charge on any atom is -0.465 e. The monoisotopic (exact) mass is 395 g/mol. The van der Waals surface area contributed by atoms with Gasteiger partial charge in [0.25, 0.3) is 5.91 Å². The van der Waals surface area contributed by atoms with Crippen LogP contribution in [0.2, 0.25) is 10.0 Å². The first kappa shape index (κ1) is 19.8. The maximum absolute atomic E-state index is 12.0. The molecule has 2 aromatic carbocycles. The molecule has 0 spiro atoms. The molecular formula is C18H15Cl2NO5. The number of nitrogens with one attached hydrogen (secondary N) is 1. The van der Waals surface area contributed by atoms with Crippen LogP contribution in [-0.4, -0.2) is 31.6 Å². The highest BCUT2D eigenvalue weighted by Gasteiger charge is 2.14. The molecule has 0 aliphatic rings. The molecule has 136 valence electrons. The Bertz CT molecular complexity index is 867. The van der Waals surface area contributed by atoms with Gasteiger partial charge in [0, 0.05) is 5.69 Å². The second kappa shape index (κ2) is 8.69. The number of rotatable bonds is 5. The van der Waals surface area contributed by atoms with E-state index < -0.39 is 24.5 Å². The Balaban J connectivity index is 1.99. The Morgan fingerprint density at radius 3 is 2.27 bits per heavy atom. The summed E-state index contributed by atoms with van der Waals surface area (Å²) in [5.74, 6) is -1.78. The largest absolute Gasteiger partial charge is 0.465 e. The molecule has 1 N–H and O–H groups in total. The van der Waals surface area contributed by atoms with E-state index >= 15 is 0 Å². The third kappa shape index (κ3) is 4.97.